The first kappa shape index (κ1) is 11.2. The summed E-state index contributed by atoms with van der Waals surface area (Å²) in [5.41, 5.74) is 0.996. The topological polar surface area (TPSA) is 33.1 Å². The highest BCUT2D eigenvalue weighted by atomic mass is 35.5. The molecule has 1 saturated heterocycles. The minimum absolute atomic E-state index is 0.264. The Labute approximate surface area is 99.1 Å². The average molecular weight is 244 g/mol. The van der Waals surface area contributed by atoms with Gasteiger partial charge in [-0.2, -0.15) is 11.8 Å². The Morgan fingerprint density at radius 1 is 1.67 bits per heavy atom. The first-order chi connectivity index (χ1) is 7.27. The third-order valence-electron chi connectivity index (χ3n) is 2.79. The van der Waals surface area contributed by atoms with Gasteiger partial charge in [0, 0.05) is 18.8 Å². The van der Waals surface area contributed by atoms with Crippen molar-refractivity contribution in [2.24, 2.45) is 5.92 Å². The van der Waals surface area contributed by atoms with Crippen molar-refractivity contribution in [1.82, 2.24) is 4.98 Å². The Kier molecular flexibility index (Phi) is 3.89. The monoisotopic (exact) mass is 243 g/mol. The summed E-state index contributed by atoms with van der Waals surface area (Å²) >= 11 is 7.92. The van der Waals surface area contributed by atoms with Gasteiger partial charge in [-0.05, 0) is 35.5 Å². The smallest absolute Gasteiger partial charge is 0.0622 e. The lowest BCUT2D eigenvalue weighted by Crippen LogP contribution is -2.22. The molecule has 0 amide bonds. The van der Waals surface area contributed by atoms with E-state index in [1.54, 1.807) is 12.4 Å². The summed E-state index contributed by atoms with van der Waals surface area (Å²) in [4.78, 5) is 3.93. The number of hydrogen-bond donors (Lipinski definition) is 1. The maximum Gasteiger partial charge on any atom is 0.0622 e. The van der Waals surface area contributed by atoms with Crippen LogP contribution in [0.15, 0.2) is 18.5 Å². The molecule has 1 N–H and O–H groups in total. The number of rotatable bonds is 3. The molecule has 2 heterocycles. The molecule has 0 bridgehead atoms. The van der Waals surface area contributed by atoms with Crippen LogP contribution in [0, 0.1) is 5.92 Å². The highest BCUT2D eigenvalue weighted by molar-refractivity contribution is 7.99. The SMILES string of the molecule is OC(Cc1ccncc1Cl)C1CCSC1. The summed E-state index contributed by atoms with van der Waals surface area (Å²) in [5.74, 6) is 2.68. The molecule has 2 rings (SSSR count). The fraction of sp³-hybridized carbons (Fsp3) is 0.545. The minimum atomic E-state index is -0.264. The maximum absolute atomic E-state index is 10.0. The van der Waals surface area contributed by atoms with Gasteiger partial charge in [-0.3, -0.25) is 4.98 Å². The van der Waals surface area contributed by atoms with E-state index >= 15 is 0 Å². The highest BCUT2D eigenvalue weighted by Gasteiger charge is 2.24. The minimum Gasteiger partial charge on any atom is -0.392 e. The van der Waals surface area contributed by atoms with E-state index in [4.69, 9.17) is 11.6 Å². The van der Waals surface area contributed by atoms with Crippen molar-refractivity contribution >= 4 is 23.4 Å². The third-order valence-corrected chi connectivity index (χ3v) is 4.32. The number of halogens is 1. The van der Waals surface area contributed by atoms with E-state index < -0.39 is 0 Å². The summed E-state index contributed by atoms with van der Waals surface area (Å²) in [7, 11) is 0. The Bertz CT molecular complexity index is 328. The van der Waals surface area contributed by atoms with E-state index in [0.717, 1.165) is 17.7 Å². The molecule has 1 fully saturated rings. The van der Waals surface area contributed by atoms with Crippen molar-refractivity contribution in [3.8, 4) is 0 Å². The normalized spacial score (nSPS) is 22.9. The van der Waals surface area contributed by atoms with Gasteiger partial charge in [-0.1, -0.05) is 11.6 Å². The lowest BCUT2D eigenvalue weighted by Gasteiger charge is -2.17. The van der Waals surface area contributed by atoms with E-state index in [1.165, 1.54) is 5.75 Å². The molecule has 0 spiro atoms. The van der Waals surface area contributed by atoms with Crippen molar-refractivity contribution in [3.63, 3.8) is 0 Å². The van der Waals surface area contributed by atoms with Crippen molar-refractivity contribution in [1.29, 1.82) is 0 Å². The first-order valence-corrected chi connectivity index (χ1v) is 6.65. The van der Waals surface area contributed by atoms with Gasteiger partial charge in [-0.25, -0.2) is 0 Å². The summed E-state index contributed by atoms with van der Waals surface area (Å²) in [5, 5.41) is 10.7. The fourth-order valence-electron chi connectivity index (χ4n) is 1.82. The highest BCUT2D eigenvalue weighted by Crippen LogP contribution is 2.28. The molecule has 0 aliphatic carbocycles. The lowest BCUT2D eigenvalue weighted by atomic mass is 9.96. The van der Waals surface area contributed by atoms with Crippen LogP contribution in [0.25, 0.3) is 0 Å². The van der Waals surface area contributed by atoms with Crippen LogP contribution in [0.4, 0.5) is 0 Å². The second-order valence-electron chi connectivity index (χ2n) is 3.86. The van der Waals surface area contributed by atoms with Gasteiger partial charge in [0.25, 0.3) is 0 Å². The molecule has 2 atom stereocenters. The van der Waals surface area contributed by atoms with Crippen molar-refractivity contribution < 1.29 is 5.11 Å². The molecular weight excluding hydrogens is 230 g/mol. The van der Waals surface area contributed by atoms with Crippen molar-refractivity contribution in [2.75, 3.05) is 11.5 Å². The average Bonchev–Trinajstić information content (AvgIpc) is 2.74. The van der Waals surface area contributed by atoms with Gasteiger partial charge in [0.2, 0.25) is 0 Å². The molecule has 2 unspecified atom stereocenters. The quantitative estimate of drug-likeness (QED) is 0.885. The van der Waals surface area contributed by atoms with Gasteiger partial charge in [0.15, 0.2) is 0 Å². The molecule has 1 aromatic rings. The second kappa shape index (κ2) is 5.19. The van der Waals surface area contributed by atoms with E-state index in [0.29, 0.717) is 17.4 Å². The third kappa shape index (κ3) is 2.86. The molecule has 15 heavy (non-hydrogen) atoms. The molecular formula is C11H14ClNOS. The molecule has 0 aromatic carbocycles. The zero-order chi connectivity index (χ0) is 10.7. The van der Waals surface area contributed by atoms with Gasteiger partial charge in [0.1, 0.15) is 0 Å². The zero-order valence-electron chi connectivity index (χ0n) is 8.40. The molecule has 1 aromatic heterocycles. The predicted octanol–water partition coefficient (Wildman–Crippen LogP) is 2.39. The number of nitrogens with zero attached hydrogens (tertiary/aromatic N) is 1. The number of aliphatic hydroxyl groups is 1. The number of pyridine rings is 1. The molecule has 4 heteroatoms. The summed E-state index contributed by atoms with van der Waals surface area (Å²) < 4.78 is 0. The summed E-state index contributed by atoms with van der Waals surface area (Å²) in [6, 6.07) is 1.88. The Morgan fingerprint density at radius 2 is 2.53 bits per heavy atom. The Hall–Kier alpha value is -0.250. The summed E-state index contributed by atoms with van der Waals surface area (Å²) in [6.45, 7) is 0. The van der Waals surface area contributed by atoms with Crippen molar-refractivity contribution in [3.05, 3.63) is 29.0 Å². The second-order valence-corrected chi connectivity index (χ2v) is 5.42. The van der Waals surface area contributed by atoms with Gasteiger partial charge >= 0.3 is 0 Å². The molecule has 0 saturated carbocycles. The molecule has 0 radical (unpaired) electrons. The van der Waals surface area contributed by atoms with Crippen LogP contribution >= 0.6 is 23.4 Å². The maximum atomic E-state index is 10.0. The van der Waals surface area contributed by atoms with Crippen LogP contribution in [0.2, 0.25) is 5.02 Å². The standard InChI is InChI=1S/C11H14ClNOS/c12-10-6-13-3-1-8(10)5-11(14)9-2-4-15-7-9/h1,3,6,9,11,14H,2,4-5,7H2. The van der Waals surface area contributed by atoms with E-state index in [2.05, 4.69) is 4.98 Å². The number of aliphatic hydroxyl groups excluding tert-OH is 1. The Balaban J connectivity index is 1.99. The molecule has 1 aliphatic heterocycles. The molecule has 1 aliphatic rings. The fourth-order valence-corrected chi connectivity index (χ4v) is 3.34. The van der Waals surface area contributed by atoms with Crippen LogP contribution in [0.1, 0.15) is 12.0 Å². The predicted molar refractivity (Wildman–Crippen MR) is 64.4 cm³/mol. The van der Waals surface area contributed by atoms with Gasteiger partial charge in [0.05, 0.1) is 11.1 Å². The first-order valence-electron chi connectivity index (χ1n) is 5.11. The largest absolute Gasteiger partial charge is 0.392 e. The molecule has 82 valence electrons. The van der Waals surface area contributed by atoms with Crippen LogP contribution in [0.3, 0.4) is 0 Å². The van der Waals surface area contributed by atoms with E-state index in [1.807, 2.05) is 17.8 Å². The Morgan fingerprint density at radius 3 is 3.20 bits per heavy atom. The molecule has 2 nitrogen and oxygen atoms in total. The number of aromatic nitrogens is 1. The number of thioether (sulfide) groups is 1. The summed E-state index contributed by atoms with van der Waals surface area (Å²) in [6.07, 6.45) is 4.85. The van der Waals surface area contributed by atoms with Crippen LogP contribution in [0.5, 0.6) is 0 Å². The van der Waals surface area contributed by atoms with Gasteiger partial charge < -0.3 is 5.11 Å². The lowest BCUT2D eigenvalue weighted by molar-refractivity contribution is 0.120. The van der Waals surface area contributed by atoms with Crippen LogP contribution in [-0.4, -0.2) is 27.7 Å². The van der Waals surface area contributed by atoms with Crippen LogP contribution < -0.4 is 0 Å². The van der Waals surface area contributed by atoms with E-state index in [9.17, 15) is 5.11 Å². The van der Waals surface area contributed by atoms with Gasteiger partial charge in [-0.15, -0.1) is 0 Å². The number of hydrogen-bond acceptors (Lipinski definition) is 3. The van der Waals surface area contributed by atoms with Crippen LogP contribution in [-0.2, 0) is 6.42 Å². The zero-order valence-corrected chi connectivity index (χ0v) is 9.97. The van der Waals surface area contributed by atoms with E-state index in [-0.39, 0.29) is 6.10 Å². The van der Waals surface area contributed by atoms with Crippen molar-refractivity contribution in [2.45, 2.75) is 18.9 Å².